The molecule has 0 aliphatic heterocycles. The molecular formula is Ni8Ta. The molecule has 0 rings (SSSR count). The summed E-state index contributed by atoms with van der Waals surface area (Å²) in [6.07, 6.45) is 0. The van der Waals surface area contributed by atoms with Gasteiger partial charge >= 0.3 is 0 Å². The molecule has 0 atom stereocenters. The summed E-state index contributed by atoms with van der Waals surface area (Å²) in [6, 6.07) is 0. The topological polar surface area (TPSA) is 0 Å². The summed E-state index contributed by atoms with van der Waals surface area (Å²) >= 11 is 0. The van der Waals surface area contributed by atoms with Crippen molar-refractivity contribution in [2.24, 2.45) is 0 Å². The Kier molecular flexibility index (Phi) is 879. The van der Waals surface area contributed by atoms with Crippen LogP contribution in [0.25, 0.3) is 0 Å². The van der Waals surface area contributed by atoms with Gasteiger partial charge in [0.1, 0.15) is 0 Å². The average Bonchev–Trinajstić information content (AvgIpc) is 0. The van der Waals surface area contributed by atoms with E-state index in [4.69, 9.17) is 0 Å². The second kappa shape index (κ2) is 78.9. The van der Waals surface area contributed by atoms with Crippen LogP contribution < -0.4 is 0 Å². The summed E-state index contributed by atoms with van der Waals surface area (Å²) in [4.78, 5) is 0. The van der Waals surface area contributed by atoms with Gasteiger partial charge in [0.25, 0.3) is 0 Å². The summed E-state index contributed by atoms with van der Waals surface area (Å²) in [6.45, 7) is 0. The van der Waals surface area contributed by atoms with Gasteiger partial charge in [-0.05, 0) is 0 Å². The summed E-state index contributed by atoms with van der Waals surface area (Å²) in [7, 11) is 0. The monoisotopic (exact) mass is 644 g/mol. The number of rotatable bonds is 0. The maximum absolute atomic E-state index is 0. The van der Waals surface area contributed by atoms with E-state index in [1.54, 1.807) is 0 Å². The standard InChI is InChI=1S/8Ni.Ta. The minimum absolute atomic E-state index is 0. The Hall–Kier alpha value is 4.69. The average molecular weight is 650 g/mol. The molecule has 0 heterocycles. The molecule has 1 radical (unpaired) electrons. The molecule has 9 heteroatoms. The van der Waals surface area contributed by atoms with Crippen molar-refractivity contribution >= 4 is 0 Å². The summed E-state index contributed by atoms with van der Waals surface area (Å²) in [5.41, 5.74) is 0. The van der Waals surface area contributed by atoms with Crippen molar-refractivity contribution in [2.45, 2.75) is 0 Å². The maximum atomic E-state index is 0. The van der Waals surface area contributed by atoms with E-state index in [0.29, 0.717) is 0 Å². The Morgan fingerprint density at radius 3 is 0.222 bits per heavy atom. The summed E-state index contributed by atoms with van der Waals surface area (Å²) in [5, 5.41) is 0. The van der Waals surface area contributed by atoms with Crippen LogP contribution in [0.15, 0.2) is 0 Å². The molecular weight excluding hydrogens is 650 g/mol. The molecule has 0 nitrogen and oxygen atoms in total. The van der Waals surface area contributed by atoms with Gasteiger partial charge in [0, 0.05) is 154 Å². The number of hydrogen-bond acceptors (Lipinski definition) is 0. The predicted octanol–water partition coefficient (Wildman–Crippen LogP) is -0.0225. The fourth-order valence-electron chi connectivity index (χ4n) is 0. The van der Waals surface area contributed by atoms with Crippen LogP contribution in [-0.4, -0.2) is 0 Å². The van der Waals surface area contributed by atoms with Gasteiger partial charge < -0.3 is 0 Å². The van der Waals surface area contributed by atoms with E-state index < -0.39 is 0 Å². The molecule has 0 bridgehead atoms. The Labute approximate surface area is 151 Å². The zero-order valence-corrected chi connectivity index (χ0v) is 14.1. The maximum Gasteiger partial charge on any atom is 0 e. The van der Waals surface area contributed by atoms with Gasteiger partial charge in [-0.25, -0.2) is 0 Å². The van der Waals surface area contributed by atoms with Crippen LogP contribution in [0.5, 0.6) is 0 Å². The van der Waals surface area contributed by atoms with Crippen molar-refractivity contribution in [3.05, 3.63) is 0 Å². The first-order valence-corrected chi connectivity index (χ1v) is 0. The molecule has 0 aliphatic rings. The Morgan fingerprint density at radius 2 is 0.222 bits per heavy atom. The van der Waals surface area contributed by atoms with Crippen LogP contribution in [0, 0.1) is 0 Å². The van der Waals surface area contributed by atoms with Gasteiger partial charge in [-0.2, -0.15) is 0 Å². The molecule has 0 aromatic carbocycles. The molecule has 0 N–H and O–H groups in total. The first-order valence-electron chi connectivity index (χ1n) is 0. The van der Waals surface area contributed by atoms with Gasteiger partial charge in [0.05, 0.1) is 0 Å². The van der Waals surface area contributed by atoms with Crippen molar-refractivity contribution in [3.63, 3.8) is 0 Å². The minimum Gasteiger partial charge on any atom is 0 e. The van der Waals surface area contributed by atoms with E-state index in [0.717, 1.165) is 0 Å². The third kappa shape index (κ3) is 65.9. The Bertz CT molecular complexity index is 4.53. The van der Waals surface area contributed by atoms with Crippen LogP contribution in [0.4, 0.5) is 0 Å². The van der Waals surface area contributed by atoms with Gasteiger partial charge in [0.2, 0.25) is 0 Å². The quantitative estimate of drug-likeness (QED) is 0.324. The molecule has 0 unspecified atom stereocenters. The largest absolute Gasteiger partial charge is 0 e. The molecule has 0 amide bonds. The first-order chi connectivity index (χ1) is 0. The van der Waals surface area contributed by atoms with Crippen LogP contribution in [0.1, 0.15) is 0 Å². The van der Waals surface area contributed by atoms with Crippen molar-refractivity contribution in [2.75, 3.05) is 0 Å². The van der Waals surface area contributed by atoms with E-state index >= 15 is 0 Å². The van der Waals surface area contributed by atoms with Crippen molar-refractivity contribution in [1.29, 1.82) is 0 Å². The van der Waals surface area contributed by atoms with Gasteiger partial charge in [-0.15, -0.1) is 0 Å². The fourth-order valence-corrected chi connectivity index (χ4v) is 0. The third-order valence-corrected chi connectivity index (χ3v) is 0. The molecule has 0 saturated carbocycles. The second-order valence-corrected chi connectivity index (χ2v) is 0. The summed E-state index contributed by atoms with van der Waals surface area (Å²) in [5.74, 6) is 0. The van der Waals surface area contributed by atoms with Crippen LogP contribution >= 0.6 is 0 Å². The van der Waals surface area contributed by atoms with Crippen molar-refractivity contribution < 1.29 is 154 Å². The Morgan fingerprint density at radius 1 is 0.222 bits per heavy atom. The Balaban J connectivity index is 0. The van der Waals surface area contributed by atoms with Crippen molar-refractivity contribution in [3.8, 4) is 0 Å². The zero-order chi connectivity index (χ0) is 0. The van der Waals surface area contributed by atoms with Gasteiger partial charge in [0.15, 0.2) is 0 Å². The molecule has 0 aromatic rings. The molecule has 9 heavy (non-hydrogen) atoms. The first kappa shape index (κ1) is 100. The minimum atomic E-state index is 0. The normalized spacial score (nSPS) is 0. The SMILES string of the molecule is [Ni].[Ni].[Ni].[Ni].[Ni].[Ni].[Ni].[Ni].[Ta]. The van der Waals surface area contributed by atoms with Gasteiger partial charge in [-0.1, -0.05) is 0 Å². The second-order valence-electron chi connectivity index (χ2n) is 0. The van der Waals surface area contributed by atoms with Crippen molar-refractivity contribution in [1.82, 2.24) is 0 Å². The third-order valence-electron chi connectivity index (χ3n) is 0. The van der Waals surface area contributed by atoms with Gasteiger partial charge in [-0.3, -0.25) is 0 Å². The molecule has 0 saturated heterocycles. The smallest absolute Gasteiger partial charge is 0 e. The van der Waals surface area contributed by atoms with E-state index in [1.165, 1.54) is 0 Å². The fraction of sp³-hybridized carbons (Fsp3) is 0. The van der Waals surface area contributed by atoms with Crippen LogP contribution in [0.2, 0.25) is 0 Å². The van der Waals surface area contributed by atoms with E-state index in [1.807, 2.05) is 0 Å². The van der Waals surface area contributed by atoms with Crippen LogP contribution in [0.3, 0.4) is 0 Å². The van der Waals surface area contributed by atoms with E-state index in [2.05, 4.69) is 0 Å². The molecule has 0 fully saturated rings. The predicted molar refractivity (Wildman–Crippen MR) is 0 cm³/mol. The van der Waals surface area contributed by atoms with Crippen LogP contribution in [-0.2, 0) is 154 Å². The molecule has 0 spiro atoms. The van der Waals surface area contributed by atoms with E-state index in [9.17, 15) is 0 Å². The zero-order valence-electron chi connectivity index (χ0n) is 2.98. The molecule has 0 aliphatic carbocycles. The molecule has 0 aromatic heterocycles. The molecule has 85 valence electrons. The summed E-state index contributed by atoms with van der Waals surface area (Å²) < 4.78 is 0. The van der Waals surface area contributed by atoms with E-state index in [-0.39, 0.29) is 154 Å². The number of hydrogen-bond donors (Lipinski definition) is 0.